The SMILES string of the molecule is Cn1nnnc1-c1cc([S@](C)=O)ccc1Nc1ccc(OC(F)(F)F)cc1. The van der Waals surface area contributed by atoms with E-state index < -0.39 is 17.2 Å². The zero-order valence-corrected chi connectivity index (χ0v) is 15.0. The summed E-state index contributed by atoms with van der Waals surface area (Å²) in [5.41, 5.74) is 1.74. The molecule has 11 heteroatoms. The molecule has 1 atom stereocenters. The molecule has 7 nitrogen and oxygen atoms in total. The number of nitrogens with one attached hydrogen (secondary N) is 1. The highest BCUT2D eigenvalue weighted by molar-refractivity contribution is 7.84. The first-order chi connectivity index (χ1) is 12.7. The van der Waals surface area contributed by atoms with Crippen molar-refractivity contribution in [3.8, 4) is 17.1 Å². The Bertz CT molecular complexity index is 973. The molecule has 142 valence electrons. The summed E-state index contributed by atoms with van der Waals surface area (Å²) in [5.74, 6) is 0.129. The predicted octanol–water partition coefficient (Wildman–Crippen LogP) is 3.26. The number of hydrogen-bond donors (Lipinski definition) is 1. The van der Waals surface area contributed by atoms with Crippen molar-refractivity contribution in [3.05, 3.63) is 42.5 Å². The van der Waals surface area contributed by atoms with Crippen LogP contribution in [0.25, 0.3) is 11.4 Å². The zero-order valence-electron chi connectivity index (χ0n) is 14.2. The van der Waals surface area contributed by atoms with Gasteiger partial charge in [-0.25, -0.2) is 4.68 Å². The molecule has 1 aromatic heterocycles. The highest BCUT2D eigenvalue weighted by Gasteiger charge is 2.30. The molecule has 27 heavy (non-hydrogen) atoms. The number of alkyl halides is 3. The molecule has 0 aliphatic rings. The molecule has 0 aliphatic carbocycles. The normalized spacial score (nSPS) is 12.6. The quantitative estimate of drug-likeness (QED) is 0.712. The lowest BCUT2D eigenvalue weighted by molar-refractivity contribution is -0.274. The second-order valence-electron chi connectivity index (χ2n) is 5.48. The third-order valence-electron chi connectivity index (χ3n) is 3.55. The fourth-order valence-corrected chi connectivity index (χ4v) is 2.89. The van der Waals surface area contributed by atoms with Crippen molar-refractivity contribution in [1.29, 1.82) is 0 Å². The van der Waals surface area contributed by atoms with E-state index >= 15 is 0 Å². The average Bonchev–Trinajstić information content (AvgIpc) is 3.01. The lowest BCUT2D eigenvalue weighted by Gasteiger charge is -2.13. The molecule has 0 saturated heterocycles. The average molecular weight is 397 g/mol. The second-order valence-corrected chi connectivity index (χ2v) is 6.86. The summed E-state index contributed by atoms with van der Waals surface area (Å²) in [6.07, 6.45) is -3.19. The van der Waals surface area contributed by atoms with E-state index in [1.807, 2.05) is 0 Å². The van der Waals surface area contributed by atoms with Gasteiger partial charge in [-0.05, 0) is 52.9 Å². The monoisotopic (exact) mass is 397 g/mol. The van der Waals surface area contributed by atoms with Gasteiger partial charge in [-0.3, -0.25) is 4.21 Å². The summed E-state index contributed by atoms with van der Waals surface area (Å²) in [4.78, 5) is 0.590. The van der Waals surface area contributed by atoms with Crippen LogP contribution in [0.1, 0.15) is 0 Å². The summed E-state index contributed by atoms with van der Waals surface area (Å²) >= 11 is 0. The van der Waals surface area contributed by atoms with Gasteiger partial charge in [-0.15, -0.1) is 18.3 Å². The van der Waals surface area contributed by atoms with Crippen LogP contribution in [0.4, 0.5) is 24.5 Å². The summed E-state index contributed by atoms with van der Waals surface area (Å²) in [5, 5.41) is 14.5. The van der Waals surface area contributed by atoms with Gasteiger partial charge in [0.05, 0.1) is 0 Å². The van der Waals surface area contributed by atoms with E-state index in [0.29, 0.717) is 27.7 Å². The van der Waals surface area contributed by atoms with Gasteiger partial charge in [0, 0.05) is 45.9 Å². The van der Waals surface area contributed by atoms with Crippen LogP contribution in [0.15, 0.2) is 47.4 Å². The van der Waals surface area contributed by atoms with Crippen molar-refractivity contribution in [2.45, 2.75) is 11.3 Å². The molecule has 3 rings (SSSR count). The van der Waals surface area contributed by atoms with Gasteiger partial charge in [0.2, 0.25) is 0 Å². The maximum Gasteiger partial charge on any atom is 0.573 e. The maximum atomic E-state index is 12.3. The summed E-state index contributed by atoms with van der Waals surface area (Å²) < 4.78 is 53.9. The van der Waals surface area contributed by atoms with Crippen LogP contribution in [0, 0.1) is 0 Å². The molecule has 0 radical (unpaired) electrons. The van der Waals surface area contributed by atoms with Crippen molar-refractivity contribution in [1.82, 2.24) is 20.2 Å². The first-order valence-corrected chi connectivity index (χ1v) is 9.12. The zero-order chi connectivity index (χ0) is 19.6. The Morgan fingerprint density at radius 3 is 2.41 bits per heavy atom. The number of tetrazole rings is 1. The Morgan fingerprint density at radius 1 is 1.15 bits per heavy atom. The van der Waals surface area contributed by atoms with Crippen LogP contribution >= 0.6 is 0 Å². The molecule has 0 amide bonds. The molecule has 2 aromatic carbocycles. The highest BCUT2D eigenvalue weighted by atomic mass is 32.2. The van der Waals surface area contributed by atoms with Crippen LogP contribution in [0.3, 0.4) is 0 Å². The Labute approximate surface area is 154 Å². The number of anilines is 2. The second kappa shape index (κ2) is 7.35. The van der Waals surface area contributed by atoms with E-state index in [-0.39, 0.29) is 5.75 Å². The molecule has 0 bridgehead atoms. The third-order valence-corrected chi connectivity index (χ3v) is 4.47. The highest BCUT2D eigenvalue weighted by Crippen LogP contribution is 2.31. The summed E-state index contributed by atoms with van der Waals surface area (Å²) in [7, 11) is 0.461. The number of ether oxygens (including phenoxy) is 1. The van der Waals surface area contributed by atoms with E-state index in [1.54, 1.807) is 31.5 Å². The molecule has 0 aliphatic heterocycles. The molecule has 1 heterocycles. The molecule has 0 fully saturated rings. The number of benzene rings is 2. The Balaban J connectivity index is 1.93. The number of rotatable bonds is 5. The van der Waals surface area contributed by atoms with Gasteiger partial charge < -0.3 is 10.1 Å². The minimum absolute atomic E-state index is 0.317. The van der Waals surface area contributed by atoms with Crippen LogP contribution in [-0.4, -0.2) is 37.0 Å². The minimum atomic E-state index is -4.74. The van der Waals surface area contributed by atoms with Gasteiger partial charge in [-0.2, -0.15) is 0 Å². The Hall–Kier alpha value is -2.95. The Morgan fingerprint density at radius 2 is 1.85 bits per heavy atom. The molecule has 0 unspecified atom stereocenters. The van der Waals surface area contributed by atoms with Crippen LogP contribution < -0.4 is 10.1 Å². The summed E-state index contributed by atoms with van der Waals surface area (Å²) in [6, 6.07) is 10.4. The van der Waals surface area contributed by atoms with Crippen molar-refractivity contribution in [3.63, 3.8) is 0 Å². The molecular weight excluding hydrogens is 383 g/mol. The molecule has 3 aromatic rings. The minimum Gasteiger partial charge on any atom is -0.406 e. The van der Waals surface area contributed by atoms with E-state index in [9.17, 15) is 17.4 Å². The van der Waals surface area contributed by atoms with Gasteiger partial charge in [0.15, 0.2) is 5.82 Å². The van der Waals surface area contributed by atoms with E-state index in [4.69, 9.17) is 0 Å². The largest absolute Gasteiger partial charge is 0.573 e. The standard InChI is InChI=1S/C16H14F3N5O2S/c1-24-15(21-22-23-24)13-9-12(27(2)25)7-8-14(13)20-10-3-5-11(6-4-10)26-16(17,18)19/h3-9,20H,1-2H3/t27-/m0/s1. The van der Waals surface area contributed by atoms with Crippen LogP contribution in [-0.2, 0) is 17.8 Å². The number of halogens is 3. The van der Waals surface area contributed by atoms with Gasteiger partial charge in [0.25, 0.3) is 0 Å². The first-order valence-electron chi connectivity index (χ1n) is 7.56. The van der Waals surface area contributed by atoms with Crippen molar-refractivity contribution >= 4 is 22.2 Å². The van der Waals surface area contributed by atoms with Gasteiger partial charge >= 0.3 is 6.36 Å². The fraction of sp³-hybridized carbons (Fsp3) is 0.188. The van der Waals surface area contributed by atoms with Gasteiger partial charge in [-0.1, -0.05) is 0 Å². The smallest absolute Gasteiger partial charge is 0.406 e. The summed E-state index contributed by atoms with van der Waals surface area (Å²) in [6.45, 7) is 0. The number of aryl methyl sites for hydroxylation is 1. The van der Waals surface area contributed by atoms with Crippen molar-refractivity contribution in [2.24, 2.45) is 7.05 Å². The van der Waals surface area contributed by atoms with E-state index in [0.717, 1.165) is 0 Å². The van der Waals surface area contributed by atoms with E-state index in [2.05, 4.69) is 25.6 Å². The Kier molecular flexibility index (Phi) is 5.13. The van der Waals surface area contributed by atoms with Gasteiger partial charge in [0.1, 0.15) is 5.75 Å². The lowest BCUT2D eigenvalue weighted by Crippen LogP contribution is -2.16. The maximum absolute atomic E-state index is 12.3. The van der Waals surface area contributed by atoms with E-state index in [1.165, 1.54) is 28.9 Å². The molecule has 0 spiro atoms. The number of aromatic nitrogens is 4. The molecular formula is C16H14F3N5O2S. The topological polar surface area (TPSA) is 81.9 Å². The third kappa shape index (κ3) is 4.61. The first kappa shape index (κ1) is 18.8. The van der Waals surface area contributed by atoms with Crippen LogP contribution in [0.5, 0.6) is 5.75 Å². The van der Waals surface area contributed by atoms with Crippen molar-refractivity contribution < 1.29 is 22.1 Å². The predicted molar refractivity (Wildman–Crippen MR) is 93.0 cm³/mol. The molecule has 1 N–H and O–H groups in total. The molecule has 0 saturated carbocycles. The van der Waals surface area contributed by atoms with Crippen LogP contribution in [0.2, 0.25) is 0 Å². The van der Waals surface area contributed by atoms with Crippen molar-refractivity contribution in [2.75, 3.05) is 11.6 Å². The lowest BCUT2D eigenvalue weighted by atomic mass is 10.1. The fourth-order valence-electron chi connectivity index (χ4n) is 2.35. The number of nitrogens with zero attached hydrogens (tertiary/aromatic N) is 4. The number of hydrogen-bond acceptors (Lipinski definition) is 6.